The molecule has 2 aromatic rings. The second-order valence-electron chi connectivity index (χ2n) is 15.3. The van der Waals surface area contributed by atoms with E-state index in [2.05, 4.69) is 21.3 Å². The molecule has 292 valence electrons. The first-order valence-electron chi connectivity index (χ1n) is 19.3. The van der Waals surface area contributed by atoms with Crippen molar-refractivity contribution in [3.63, 3.8) is 0 Å². The van der Waals surface area contributed by atoms with Crippen LogP contribution in [0.25, 0.3) is 0 Å². The molecule has 2 aliphatic heterocycles. The first-order valence-corrected chi connectivity index (χ1v) is 19.3. The van der Waals surface area contributed by atoms with E-state index in [4.69, 9.17) is 9.47 Å². The van der Waals surface area contributed by atoms with Gasteiger partial charge in [0.2, 0.25) is 29.4 Å². The Balaban J connectivity index is 1.32. The fourth-order valence-electron chi connectivity index (χ4n) is 7.57. The summed E-state index contributed by atoms with van der Waals surface area (Å²) in [6.07, 6.45) is 5.35. The van der Waals surface area contributed by atoms with Gasteiger partial charge in [-0.05, 0) is 62.3 Å². The first kappa shape index (κ1) is 40.4. The van der Waals surface area contributed by atoms with Gasteiger partial charge in [-0.2, -0.15) is 0 Å². The van der Waals surface area contributed by atoms with Gasteiger partial charge in [-0.3, -0.25) is 28.8 Å². The number of nitrogens with one attached hydrogen (secondary N) is 4. The van der Waals surface area contributed by atoms with E-state index in [0.717, 1.165) is 43.2 Å². The van der Waals surface area contributed by atoms with Crippen molar-refractivity contribution in [3.8, 4) is 5.75 Å². The molecule has 5 amide bonds. The van der Waals surface area contributed by atoms with Crippen LogP contribution >= 0.6 is 0 Å². The lowest BCUT2D eigenvalue weighted by Gasteiger charge is -2.35. The molecule has 1 saturated carbocycles. The minimum Gasteiger partial charge on any atom is -0.493 e. The summed E-state index contributed by atoms with van der Waals surface area (Å²) in [7, 11) is 0. The van der Waals surface area contributed by atoms with Crippen molar-refractivity contribution in [1.82, 2.24) is 26.2 Å². The number of fused-ring (bicyclic) bond motifs is 4. The number of carbonyl (C=O) groups excluding carboxylic acids is 6. The molecule has 1 unspecified atom stereocenters. The first-order chi connectivity index (χ1) is 25.9. The summed E-state index contributed by atoms with van der Waals surface area (Å²) >= 11 is 0. The predicted molar refractivity (Wildman–Crippen MR) is 201 cm³/mol. The zero-order valence-corrected chi connectivity index (χ0v) is 31.7. The minimum absolute atomic E-state index is 0.0619. The number of hydrogen-bond donors (Lipinski definition) is 4. The van der Waals surface area contributed by atoms with E-state index in [0.29, 0.717) is 25.2 Å². The van der Waals surface area contributed by atoms with Gasteiger partial charge in [0.05, 0.1) is 37.3 Å². The molecule has 54 heavy (non-hydrogen) atoms. The summed E-state index contributed by atoms with van der Waals surface area (Å²) in [5.74, 6) is -3.05. The summed E-state index contributed by atoms with van der Waals surface area (Å²) in [5, 5.41) is 10.9. The van der Waals surface area contributed by atoms with E-state index in [1.54, 1.807) is 0 Å². The van der Waals surface area contributed by atoms with Gasteiger partial charge < -0.3 is 35.6 Å². The fourth-order valence-corrected chi connectivity index (χ4v) is 7.57. The number of ketones is 1. The minimum atomic E-state index is -1.18. The Bertz CT molecular complexity index is 1640. The highest BCUT2D eigenvalue weighted by atomic mass is 16.5. The van der Waals surface area contributed by atoms with Gasteiger partial charge in [-0.25, -0.2) is 0 Å². The van der Waals surface area contributed by atoms with E-state index in [-0.39, 0.29) is 50.1 Å². The van der Waals surface area contributed by atoms with Gasteiger partial charge in [0.1, 0.15) is 17.8 Å². The summed E-state index contributed by atoms with van der Waals surface area (Å²) in [6, 6.07) is 13.6. The lowest BCUT2D eigenvalue weighted by Crippen LogP contribution is -2.58. The normalized spacial score (nSPS) is 22.6. The lowest BCUT2D eigenvalue weighted by atomic mass is 9.83. The topological polar surface area (TPSA) is 172 Å². The van der Waals surface area contributed by atoms with Crippen LogP contribution in [-0.4, -0.2) is 89.7 Å². The lowest BCUT2D eigenvalue weighted by molar-refractivity contribution is -0.144. The molecule has 1 aliphatic carbocycles. The molecule has 13 heteroatoms. The van der Waals surface area contributed by atoms with Gasteiger partial charge in [0.25, 0.3) is 5.91 Å². The molecular formula is C41H55N5O8. The van der Waals surface area contributed by atoms with Crippen LogP contribution in [0.3, 0.4) is 0 Å². The van der Waals surface area contributed by atoms with Crippen molar-refractivity contribution in [2.24, 2.45) is 5.92 Å². The molecule has 2 fully saturated rings. The van der Waals surface area contributed by atoms with Crippen molar-refractivity contribution < 1.29 is 38.2 Å². The van der Waals surface area contributed by atoms with Crippen LogP contribution in [0.15, 0.2) is 54.6 Å². The summed E-state index contributed by atoms with van der Waals surface area (Å²) in [6.45, 7) is 6.03. The van der Waals surface area contributed by atoms with Crippen LogP contribution in [0.2, 0.25) is 0 Å². The van der Waals surface area contributed by atoms with E-state index >= 15 is 0 Å². The van der Waals surface area contributed by atoms with Crippen molar-refractivity contribution >= 4 is 35.3 Å². The molecule has 4 N–H and O–H groups in total. The van der Waals surface area contributed by atoms with Crippen molar-refractivity contribution in [3.05, 3.63) is 65.7 Å². The largest absolute Gasteiger partial charge is 0.493 e. The maximum absolute atomic E-state index is 14.6. The zero-order chi connectivity index (χ0) is 38.7. The Kier molecular flexibility index (Phi) is 14.2. The molecule has 0 radical (unpaired) electrons. The third-order valence-electron chi connectivity index (χ3n) is 10.5. The predicted octanol–water partition coefficient (Wildman–Crippen LogP) is 3.13. The standard InChI is InChI=1S/C41H55N5O8/c1-4-12-32(37(49)39(51)43-25-35(48)42-24-27-13-7-5-8-14-27)44-38(50)33-23-31-26-46(33)40(52)36(29-16-9-6-10-17-29)45-34(47)22-28-15-11-18-30(21-28)53-20-19-41(2,3)54-31/h5,7-8,11,13-15,18,21,29,31-33,36H,4,6,9-10,12,16-17,19-20,22-26H2,1-3H3,(H,42,48)(H,43,51)(H,44,50)(H,45,47)/t31-,32?,33+,36+/m1/s1. The summed E-state index contributed by atoms with van der Waals surface area (Å²) in [4.78, 5) is 82.5. The maximum atomic E-state index is 14.6. The zero-order valence-electron chi connectivity index (χ0n) is 31.7. The van der Waals surface area contributed by atoms with Crippen molar-refractivity contribution in [2.75, 3.05) is 19.7 Å². The monoisotopic (exact) mass is 745 g/mol. The molecule has 13 nitrogen and oxygen atoms in total. The third kappa shape index (κ3) is 11.4. The number of amides is 5. The van der Waals surface area contributed by atoms with Crippen LogP contribution in [0.5, 0.6) is 5.75 Å². The third-order valence-corrected chi connectivity index (χ3v) is 10.5. The molecule has 0 aromatic heterocycles. The number of ether oxygens (including phenoxy) is 2. The molecular weight excluding hydrogens is 690 g/mol. The van der Waals surface area contributed by atoms with E-state index < -0.39 is 59.9 Å². The smallest absolute Gasteiger partial charge is 0.290 e. The van der Waals surface area contributed by atoms with Crippen LogP contribution in [-0.2, 0) is 46.5 Å². The summed E-state index contributed by atoms with van der Waals surface area (Å²) in [5.41, 5.74) is 0.975. The summed E-state index contributed by atoms with van der Waals surface area (Å²) < 4.78 is 12.6. The Hall–Kier alpha value is -4.78. The Morgan fingerprint density at radius 2 is 1.74 bits per heavy atom. The Morgan fingerprint density at radius 1 is 0.981 bits per heavy atom. The van der Waals surface area contributed by atoms with Gasteiger partial charge >= 0.3 is 0 Å². The van der Waals surface area contributed by atoms with Gasteiger partial charge in [-0.15, -0.1) is 0 Å². The van der Waals surface area contributed by atoms with E-state index in [1.807, 2.05) is 75.4 Å². The molecule has 3 aliphatic rings. The highest BCUT2D eigenvalue weighted by molar-refractivity contribution is 6.38. The molecule has 4 bridgehead atoms. The number of carbonyl (C=O) groups is 6. The van der Waals surface area contributed by atoms with E-state index in [9.17, 15) is 28.8 Å². The van der Waals surface area contributed by atoms with Crippen LogP contribution in [0.4, 0.5) is 0 Å². The average molecular weight is 746 g/mol. The molecule has 2 aromatic carbocycles. The molecule has 5 rings (SSSR count). The highest BCUT2D eigenvalue weighted by Crippen LogP contribution is 2.32. The van der Waals surface area contributed by atoms with Crippen LogP contribution in [0.1, 0.15) is 89.7 Å². The van der Waals surface area contributed by atoms with Gasteiger partial charge in [-0.1, -0.05) is 75.1 Å². The second-order valence-corrected chi connectivity index (χ2v) is 15.3. The van der Waals surface area contributed by atoms with Gasteiger partial charge in [0, 0.05) is 25.9 Å². The van der Waals surface area contributed by atoms with Crippen molar-refractivity contribution in [2.45, 2.75) is 121 Å². The number of nitrogens with zero attached hydrogens (tertiary/aromatic N) is 1. The average Bonchev–Trinajstić information content (AvgIpc) is 3.58. The molecule has 4 atom stereocenters. The maximum Gasteiger partial charge on any atom is 0.290 e. The quantitative estimate of drug-likeness (QED) is 0.254. The van der Waals surface area contributed by atoms with E-state index in [1.165, 1.54) is 4.90 Å². The van der Waals surface area contributed by atoms with Gasteiger partial charge in [0.15, 0.2) is 0 Å². The Labute approximate surface area is 317 Å². The number of Topliss-reactive ketones (excluding diaryl/α,β-unsaturated/α-hetero) is 1. The number of hydrogen-bond acceptors (Lipinski definition) is 8. The highest BCUT2D eigenvalue weighted by Gasteiger charge is 2.46. The fraction of sp³-hybridized carbons (Fsp3) is 0.561. The van der Waals surface area contributed by atoms with Crippen LogP contribution < -0.4 is 26.0 Å². The van der Waals surface area contributed by atoms with Crippen LogP contribution in [0, 0.1) is 5.92 Å². The SMILES string of the molecule is CCCC(NC(=O)[C@@H]1C[C@@H]2CN1C(=O)[C@H](C1CCCCC1)NC(=O)Cc1cccc(c1)OCCC(C)(C)O2)C(=O)C(=O)NCC(=O)NCc1ccccc1. The number of rotatable bonds is 11. The molecule has 2 heterocycles. The molecule has 0 spiro atoms. The Morgan fingerprint density at radius 3 is 2.48 bits per heavy atom. The molecule has 1 saturated heterocycles. The number of benzene rings is 2. The van der Waals surface area contributed by atoms with Crippen molar-refractivity contribution in [1.29, 1.82) is 0 Å². The second kappa shape index (κ2) is 19.0.